The van der Waals surface area contributed by atoms with Gasteiger partial charge >= 0.3 is 0 Å². The number of para-hydroxylation sites is 1. The van der Waals surface area contributed by atoms with E-state index in [2.05, 4.69) is 10.6 Å². The average Bonchev–Trinajstić information content (AvgIpc) is 3.56. The molecule has 0 bridgehead atoms. The van der Waals surface area contributed by atoms with Gasteiger partial charge in [0.05, 0.1) is 10.6 Å². The molecule has 1 fully saturated rings. The molecule has 8 heteroatoms. The van der Waals surface area contributed by atoms with E-state index in [9.17, 15) is 18.0 Å². The quantitative estimate of drug-likeness (QED) is 0.544. The predicted molar refractivity (Wildman–Crippen MR) is 129 cm³/mol. The van der Waals surface area contributed by atoms with Crippen molar-refractivity contribution in [2.24, 2.45) is 11.8 Å². The topological polar surface area (TPSA) is 95.6 Å². The van der Waals surface area contributed by atoms with Crippen LogP contribution in [0.5, 0.6) is 0 Å². The summed E-state index contributed by atoms with van der Waals surface area (Å²) >= 11 is 0. The molecule has 1 saturated carbocycles. The Labute approximate surface area is 193 Å². The third-order valence-electron chi connectivity index (χ3n) is 5.71. The number of carbonyl (C=O) groups excluding carboxylic acids is 2. The zero-order chi connectivity index (χ0) is 23.6. The number of nitrogens with one attached hydrogen (secondary N) is 2. The normalized spacial score (nSPS) is 17.2. The van der Waals surface area contributed by atoms with E-state index in [1.165, 1.54) is 23.5 Å². The van der Waals surface area contributed by atoms with Gasteiger partial charge in [0.15, 0.2) is 0 Å². The molecule has 1 aliphatic carbocycles. The van der Waals surface area contributed by atoms with Gasteiger partial charge in [-0.25, -0.2) is 8.42 Å². The van der Waals surface area contributed by atoms with Crippen LogP contribution in [-0.4, -0.2) is 27.3 Å². The molecule has 3 aromatic rings. The van der Waals surface area contributed by atoms with Gasteiger partial charge in [0.1, 0.15) is 0 Å². The lowest BCUT2D eigenvalue weighted by atomic mass is 10.1. The average molecular weight is 464 g/mol. The Balaban J connectivity index is 1.49. The minimum Gasteiger partial charge on any atom is -0.326 e. The lowest BCUT2D eigenvalue weighted by Gasteiger charge is -2.20. The second-order valence-electron chi connectivity index (χ2n) is 8.18. The summed E-state index contributed by atoms with van der Waals surface area (Å²) in [7, 11) is -2.32. The fraction of sp³-hybridized carbons (Fsp3) is 0.200. The van der Waals surface area contributed by atoms with Gasteiger partial charge in [-0.05, 0) is 60.9 Å². The zero-order valence-electron chi connectivity index (χ0n) is 18.4. The van der Waals surface area contributed by atoms with Gasteiger partial charge in [0.2, 0.25) is 5.91 Å². The Morgan fingerprint density at radius 2 is 1.52 bits per heavy atom. The monoisotopic (exact) mass is 463 g/mol. The lowest BCUT2D eigenvalue weighted by Crippen LogP contribution is -2.26. The van der Waals surface area contributed by atoms with Gasteiger partial charge in [-0.3, -0.25) is 13.9 Å². The van der Waals surface area contributed by atoms with Crippen LogP contribution in [0.15, 0.2) is 83.8 Å². The first-order chi connectivity index (χ1) is 15.8. The van der Waals surface area contributed by atoms with Crippen LogP contribution in [0, 0.1) is 11.8 Å². The van der Waals surface area contributed by atoms with Gasteiger partial charge in [0, 0.05) is 29.9 Å². The highest BCUT2D eigenvalue weighted by molar-refractivity contribution is 7.92. The number of nitrogens with zero attached hydrogens (tertiary/aromatic N) is 1. The Morgan fingerprint density at radius 3 is 2.18 bits per heavy atom. The summed E-state index contributed by atoms with van der Waals surface area (Å²) in [6.07, 6.45) is 0.880. The number of sulfonamides is 1. The van der Waals surface area contributed by atoms with Crippen molar-refractivity contribution in [1.29, 1.82) is 0 Å². The summed E-state index contributed by atoms with van der Waals surface area (Å²) in [4.78, 5) is 25.0. The molecular weight excluding hydrogens is 438 g/mol. The maximum Gasteiger partial charge on any atom is 0.264 e. The molecule has 2 atom stereocenters. The van der Waals surface area contributed by atoms with Crippen molar-refractivity contribution in [3.63, 3.8) is 0 Å². The second kappa shape index (κ2) is 9.07. The fourth-order valence-electron chi connectivity index (χ4n) is 3.53. The third-order valence-corrected chi connectivity index (χ3v) is 7.49. The van der Waals surface area contributed by atoms with Gasteiger partial charge < -0.3 is 10.6 Å². The molecule has 2 N–H and O–H groups in total. The van der Waals surface area contributed by atoms with Crippen molar-refractivity contribution in [2.45, 2.75) is 18.2 Å². The van der Waals surface area contributed by atoms with Crippen LogP contribution in [0.1, 0.15) is 23.7 Å². The number of carbonyl (C=O) groups is 2. The smallest absolute Gasteiger partial charge is 0.264 e. The largest absolute Gasteiger partial charge is 0.326 e. The van der Waals surface area contributed by atoms with Crippen LogP contribution < -0.4 is 14.9 Å². The van der Waals surface area contributed by atoms with Gasteiger partial charge in [-0.15, -0.1) is 0 Å². The highest BCUT2D eigenvalue weighted by Crippen LogP contribution is 2.38. The number of hydrogen-bond acceptors (Lipinski definition) is 4. The second-order valence-corrected chi connectivity index (χ2v) is 10.1. The fourth-order valence-corrected chi connectivity index (χ4v) is 4.77. The first-order valence-electron chi connectivity index (χ1n) is 10.6. The number of rotatable bonds is 7. The first-order valence-corrected chi connectivity index (χ1v) is 12.1. The van der Waals surface area contributed by atoms with Crippen molar-refractivity contribution in [3.05, 3.63) is 84.4 Å². The SMILES string of the molecule is CC1CC1C(=O)Nc1cccc(C(=O)Nc2cccc(S(=O)(=O)N(C)c3ccccc3)c2)c1. The maximum atomic E-state index is 13.0. The zero-order valence-corrected chi connectivity index (χ0v) is 19.2. The molecule has 170 valence electrons. The molecule has 0 spiro atoms. The molecule has 3 aromatic carbocycles. The number of anilines is 3. The molecule has 1 aliphatic rings. The predicted octanol–water partition coefficient (Wildman–Crippen LogP) is 4.36. The summed E-state index contributed by atoms with van der Waals surface area (Å²) in [6.45, 7) is 2.03. The van der Waals surface area contributed by atoms with Crippen molar-refractivity contribution in [2.75, 3.05) is 22.0 Å². The molecule has 0 saturated heterocycles. The number of hydrogen-bond donors (Lipinski definition) is 2. The van der Waals surface area contributed by atoms with E-state index in [4.69, 9.17) is 0 Å². The van der Waals surface area contributed by atoms with Crippen molar-refractivity contribution in [1.82, 2.24) is 0 Å². The summed E-state index contributed by atoms with van der Waals surface area (Å²) in [6, 6.07) is 21.5. The van der Waals surface area contributed by atoms with Crippen molar-refractivity contribution >= 4 is 38.9 Å². The first kappa shape index (κ1) is 22.5. The summed E-state index contributed by atoms with van der Waals surface area (Å²) < 4.78 is 27.3. The van der Waals surface area contributed by atoms with E-state index in [1.54, 1.807) is 60.7 Å². The Hall–Kier alpha value is -3.65. The number of amides is 2. The van der Waals surface area contributed by atoms with Crippen LogP contribution in [0.2, 0.25) is 0 Å². The molecule has 2 unspecified atom stereocenters. The molecule has 2 amide bonds. The molecular formula is C25H25N3O4S. The van der Waals surface area contributed by atoms with E-state index in [-0.39, 0.29) is 16.7 Å². The molecule has 7 nitrogen and oxygen atoms in total. The molecule has 0 radical (unpaired) electrons. The van der Waals surface area contributed by atoms with Crippen LogP contribution in [0.25, 0.3) is 0 Å². The van der Waals surface area contributed by atoms with Crippen LogP contribution >= 0.6 is 0 Å². The Bertz CT molecular complexity index is 1290. The lowest BCUT2D eigenvalue weighted by molar-refractivity contribution is -0.117. The highest BCUT2D eigenvalue weighted by atomic mass is 32.2. The third kappa shape index (κ3) is 5.06. The van der Waals surface area contributed by atoms with Crippen molar-refractivity contribution < 1.29 is 18.0 Å². The number of benzene rings is 3. The molecule has 0 aliphatic heterocycles. The molecule has 33 heavy (non-hydrogen) atoms. The van der Waals surface area contributed by atoms with E-state index < -0.39 is 15.9 Å². The van der Waals surface area contributed by atoms with Crippen LogP contribution in [0.3, 0.4) is 0 Å². The summed E-state index contributed by atoms with van der Waals surface area (Å²) in [5.41, 5.74) is 1.79. The van der Waals surface area contributed by atoms with E-state index >= 15 is 0 Å². The minimum absolute atomic E-state index is 0.0289. The van der Waals surface area contributed by atoms with E-state index in [0.717, 1.165) is 6.42 Å². The minimum atomic E-state index is -3.81. The molecule has 0 aromatic heterocycles. The van der Waals surface area contributed by atoms with E-state index in [1.807, 2.05) is 13.0 Å². The van der Waals surface area contributed by atoms with Crippen LogP contribution in [0.4, 0.5) is 17.1 Å². The van der Waals surface area contributed by atoms with E-state index in [0.29, 0.717) is 28.5 Å². The Morgan fingerprint density at radius 1 is 0.879 bits per heavy atom. The standard InChI is InChI=1S/C25H25N3O4S/c1-17-14-23(17)25(30)27-19-9-6-8-18(15-19)24(29)26-20-10-7-13-22(16-20)33(31,32)28(2)21-11-4-3-5-12-21/h3-13,15-17,23H,14H2,1-2H3,(H,26,29)(H,27,30). The Kier molecular flexibility index (Phi) is 6.20. The summed E-state index contributed by atoms with van der Waals surface area (Å²) in [5.74, 6) is -0.0282. The molecule has 4 rings (SSSR count). The van der Waals surface area contributed by atoms with Gasteiger partial charge in [-0.1, -0.05) is 37.3 Å². The van der Waals surface area contributed by atoms with Crippen molar-refractivity contribution in [3.8, 4) is 0 Å². The van der Waals surface area contributed by atoms with Gasteiger partial charge in [-0.2, -0.15) is 0 Å². The van der Waals surface area contributed by atoms with Gasteiger partial charge in [0.25, 0.3) is 15.9 Å². The molecule has 0 heterocycles. The summed E-state index contributed by atoms with van der Waals surface area (Å²) in [5, 5.41) is 5.58. The highest BCUT2D eigenvalue weighted by Gasteiger charge is 2.39. The van der Waals surface area contributed by atoms with Crippen LogP contribution in [-0.2, 0) is 14.8 Å². The maximum absolute atomic E-state index is 13.0.